The van der Waals surface area contributed by atoms with Gasteiger partial charge in [0.1, 0.15) is 35.7 Å². The number of nitro groups is 1. The molecule has 0 aromatic heterocycles. The van der Waals surface area contributed by atoms with Gasteiger partial charge >= 0.3 is 0 Å². The van der Waals surface area contributed by atoms with Gasteiger partial charge in [-0.3, -0.25) is 14.9 Å². The molecule has 0 unspecified atom stereocenters. The number of nitrogens with zero attached hydrogens (tertiary/aromatic N) is 3. The lowest BCUT2D eigenvalue weighted by Gasteiger charge is -2.32. The molecule has 1 saturated heterocycles. The molecule has 39 heavy (non-hydrogen) atoms. The summed E-state index contributed by atoms with van der Waals surface area (Å²) >= 11 is 0. The van der Waals surface area contributed by atoms with Crippen LogP contribution in [0.15, 0.2) is 66.7 Å². The fourth-order valence-corrected chi connectivity index (χ4v) is 4.90. The molecule has 1 amide bonds. The molecule has 0 radical (unpaired) electrons. The van der Waals surface area contributed by atoms with Gasteiger partial charge < -0.3 is 24.0 Å². The summed E-state index contributed by atoms with van der Waals surface area (Å²) in [6.45, 7) is 6.32. The summed E-state index contributed by atoms with van der Waals surface area (Å²) < 4.78 is 17.9. The topological polar surface area (TPSA) is 94.4 Å². The van der Waals surface area contributed by atoms with E-state index >= 15 is 0 Å². The quantitative estimate of drug-likeness (QED) is 0.244. The molecule has 3 aromatic carbocycles. The SMILES string of the molecule is CCCCN1CCC(Oc2ccc(C(=O)N3CCOc4cc(Oc5ccc([N+](=O)[O-])cc5)ccc43)cc2)CC1. The van der Waals surface area contributed by atoms with E-state index in [0.717, 1.165) is 31.7 Å². The fourth-order valence-electron chi connectivity index (χ4n) is 4.90. The Morgan fingerprint density at radius 2 is 1.67 bits per heavy atom. The van der Waals surface area contributed by atoms with Crippen molar-refractivity contribution in [3.8, 4) is 23.0 Å². The number of fused-ring (bicyclic) bond motifs is 1. The lowest BCUT2D eigenvalue weighted by atomic mass is 10.1. The zero-order valence-electron chi connectivity index (χ0n) is 22.1. The molecule has 9 heteroatoms. The second kappa shape index (κ2) is 12.2. The van der Waals surface area contributed by atoms with Gasteiger partial charge in [-0.15, -0.1) is 0 Å². The van der Waals surface area contributed by atoms with Crippen LogP contribution in [0.1, 0.15) is 43.0 Å². The Labute approximate surface area is 228 Å². The Morgan fingerprint density at radius 3 is 2.36 bits per heavy atom. The van der Waals surface area contributed by atoms with Crippen molar-refractivity contribution in [3.63, 3.8) is 0 Å². The van der Waals surface area contributed by atoms with Crippen LogP contribution in [0, 0.1) is 10.1 Å². The first-order chi connectivity index (χ1) is 19.0. The van der Waals surface area contributed by atoms with Crippen molar-refractivity contribution in [1.82, 2.24) is 4.90 Å². The van der Waals surface area contributed by atoms with Gasteiger partial charge in [0.05, 0.1) is 17.2 Å². The fraction of sp³-hybridized carbons (Fsp3) is 0.367. The summed E-state index contributed by atoms with van der Waals surface area (Å²) in [7, 11) is 0. The van der Waals surface area contributed by atoms with E-state index < -0.39 is 4.92 Å². The minimum Gasteiger partial charge on any atom is -0.490 e. The molecule has 0 spiro atoms. The molecule has 5 rings (SSSR count). The molecule has 2 aliphatic heterocycles. The van der Waals surface area contributed by atoms with Crippen molar-refractivity contribution in [2.24, 2.45) is 0 Å². The molecule has 204 valence electrons. The number of unbranched alkanes of at least 4 members (excludes halogenated alkanes) is 1. The Kier molecular flexibility index (Phi) is 8.27. The Balaban J connectivity index is 1.20. The average Bonchev–Trinajstić information content (AvgIpc) is 2.97. The van der Waals surface area contributed by atoms with Crippen molar-refractivity contribution < 1.29 is 23.9 Å². The molecule has 1 fully saturated rings. The normalized spacial score (nSPS) is 15.8. The molecule has 0 aliphatic carbocycles. The van der Waals surface area contributed by atoms with Gasteiger partial charge in [-0.25, -0.2) is 0 Å². The first-order valence-corrected chi connectivity index (χ1v) is 13.5. The Morgan fingerprint density at radius 1 is 0.974 bits per heavy atom. The standard InChI is InChI=1S/C30H33N3O6/c1-2-3-16-31-17-14-26(15-18-31)38-24-8-4-22(5-9-24)30(34)32-19-20-37-29-21-27(12-13-28(29)32)39-25-10-6-23(7-11-25)33(35)36/h4-13,21,26H,2-3,14-20H2,1H3. The van der Waals surface area contributed by atoms with Gasteiger partial charge in [0.25, 0.3) is 11.6 Å². The van der Waals surface area contributed by atoms with E-state index in [1.165, 1.54) is 43.7 Å². The molecule has 3 aromatic rings. The third-order valence-electron chi connectivity index (χ3n) is 7.09. The number of carbonyl (C=O) groups excluding carboxylic acids is 1. The van der Waals surface area contributed by atoms with Crippen LogP contribution in [0.5, 0.6) is 23.0 Å². The van der Waals surface area contributed by atoms with Crippen LogP contribution >= 0.6 is 0 Å². The number of nitro benzene ring substituents is 1. The van der Waals surface area contributed by atoms with E-state index in [4.69, 9.17) is 14.2 Å². The number of piperidine rings is 1. The summed E-state index contributed by atoms with van der Waals surface area (Å²) in [5.41, 5.74) is 1.24. The van der Waals surface area contributed by atoms with E-state index in [0.29, 0.717) is 41.7 Å². The predicted octanol–water partition coefficient (Wildman–Crippen LogP) is 6.07. The lowest BCUT2D eigenvalue weighted by Crippen LogP contribution is -2.38. The number of benzene rings is 3. The van der Waals surface area contributed by atoms with Crippen LogP contribution < -0.4 is 19.1 Å². The van der Waals surface area contributed by atoms with Crippen LogP contribution in [0.3, 0.4) is 0 Å². The smallest absolute Gasteiger partial charge is 0.269 e. The van der Waals surface area contributed by atoms with Crippen LogP contribution in [-0.2, 0) is 0 Å². The van der Waals surface area contributed by atoms with Crippen molar-refractivity contribution in [3.05, 3.63) is 82.4 Å². The molecular formula is C30H33N3O6. The van der Waals surface area contributed by atoms with Gasteiger partial charge in [0, 0.05) is 36.9 Å². The van der Waals surface area contributed by atoms with Gasteiger partial charge in [-0.1, -0.05) is 13.3 Å². The maximum atomic E-state index is 13.4. The van der Waals surface area contributed by atoms with Gasteiger partial charge in [0.15, 0.2) is 0 Å². The molecule has 0 N–H and O–H groups in total. The van der Waals surface area contributed by atoms with Crippen LogP contribution in [0.4, 0.5) is 11.4 Å². The third kappa shape index (κ3) is 6.49. The number of non-ortho nitro benzene ring substituents is 1. The monoisotopic (exact) mass is 531 g/mol. The highest BCUT2D eigenvalue weighted by molar-refractivity contribution is 6.07. The number of ether oxygens (including phenoxy) is 3. The minimum atomic E-state index is -0.457. The van der Waals surface area contributed by atoms with Crippen molar-refractivity contribution in [2.45, 2.75) is 38.7 Å². The number of amides is 1. The zero-order chi connectivity index (χ0) is 27.2. The van der Waals surface area contributed by atoms with Crippen molar-refractivity contribution in [1.29, 1.82) is 0 Å². The van der Waals surface area contributed by atoms with Crippen molar-refractivity contribution >= 4 is 17.3 Å². The minimum absolute atomic E-state index is 0.00648. The maximum Gasteiger partial charge on any atom is 0.269 e. The summed E-state index contributed by atoms with van der Waals surface area (Å²) in [5.74, 6) is 2.19. The number of anilines is 1. The largest absolute Gasteiger partial charge is 0.490 e. The third-order valence-corrected chi connectivity index (χ3v) is 7.09. The molecule has 0 saturated carbocycles. The summed E-state index contributed by atoms with van der Waals surface area (Å²) in [6, 6.07) is 18.5. The van der Waals surface area contributed by atoms with Crippen LogP contribution in [0.25, 0.3) is 0 Å². The second-order valence-corrected chi connectivity index (χ2v) is 9.82. The lowest BCUT2D eigenvalue weighted by molar-refractivity contribution is -0.384. The van der Waals surface area contributed by atoms with E-state index in [1.807, 2.05) is 24.3 Å². The molecule has 0 bridgehead atoms. The summed E-state index contributed by atoms with van der Waals surface area (Å²) in [5, 5.41) is 10.9. The number of rotatable bonds is 9. The zero-order valence-corrected chi connectivity index (χ0v) is 22.1. The molecule has 0 atom stereocenters. The van der Waals surface area contributed by atoms with E-state index in [-0.39, 0.29) is 17.7 Å². The number of hydrogen-bond donors (Lipinski definition) is 0. The highest BCUT2D eigenvalue weighted by Crippen LogP contribution is 2.37. The molecular weight excluding hydrogens is 498 g/mol. The summed E-state index contributed by atoms with van der Waals surface area (Å²) in [4.78, 5) is 28.0. The molecule has 2 heterocycles. The predicted molar refractivity (Wildman–Crippen MR) is 148 cm³/mol. The number of likely N-dealkylation sites (tertiary alicyclic amines) is 1. The highest BCUT2D eigenvalue weighted by atomic mass is 16.6. The highest BCUT2D eigenvalue weighted by Gasteiger charge is 2.26. The van der Waals surface area contributed by atoms with Gasteiger partial charge in [-0.05, 0) is 74.3 Å². The Bertz CT molecular complexity index is 1290. The molecule has 2 aliphatic rings. The van der Waals surface area contributed by atoms with E-state index in [1.54, 1.807) is 23.1 Å². The number of hydrogen-bond acceptors (Lipinski definition) is 7. The van der Waals surface area contributed by atoms with Gasteiger partial charge in [0.2, 0.25) is 0 Å². The first-order valence-electron chi connectivity index (χ1n) is 13.5. The Hall–Kier alpha value is -4.11. The van der Waals surface area contributed by atoms with Crippen molar-refractivity contribution in [2.75, 3.05) is 37.7 Å². The maximum absolute atomic E-state index is 13.4. The second-order valence-electron chi connectivity index (χ2n) is 9.82. The van der Waals surface area contributed by atoms with Crippen LogP contribution in [0.2, 0.25) is 0 Å². The number of carbonyl (C=O) groups is 1. The van der Waals surface area contributed by atoms with Crippen LogP contribution in [-0.4, -0.2) is 54.6 Å². The molecule has 9 nitrogen and oxygen atoms in total. The van der Waals surface area contributed by atoms with E-state index in [9.17, 15) is 14.9 Å². The summed E-state index contributed by atoms with van der Waals surface area (Å²) in [6.07, 6.45) is 4.71. The first kappa shape index (κ1) is 26.5. The average molecular weight is 532 g/mol. The van der Waals surface area contributed by atoms with E-state index in [2.05, 4.69) is 11.8 Å². The van der Waals surface area contributed by atoms with Gasteiger partial charge in [-0.2, -0.15) is 0 Å².